The minimum atomic E-state index is -1.88. The Morgan fingerprint density at radius 1 is 1.44 bits per heavy atom. The van der Waals surface area contributed by atoms with Crippen molar-refractivity contribution >= 4 is 14.3 Å². The summed E-state index contributed by atoms with van der Waals surface area (Å²) in [5.41, 5.74) is 0.250. The molecule has 1 N–H and O–H groups in total. The molecule has 92 valence electrons. The number of carboxylic acid groups (broad SMARTS) is 1. The SMILES string of the molecule is C=C/C=C(/CO[Si](C)(C)C(C)(C)C)C(=O)O. The zero-order chi connectivity index (χ0) is 13.0. The van der Waals surface area contributed by atoms with Crippen LogP contribution in [0.25, 0.3) is 0 Å². The number of hydrogen-bond acceptors (Lipinski definition) is 2. The summed E-state index contributed by atoms with van der Waals surface area (Å²) in [6, 6.07) is 0. The number of carbonyl (C=O) groups is 1. The Morgan fingerprint density at radius 3 is 2.25 bits per heavy atom. The summed E-state index contributed by atoms with van der Waals surface area (Å²) in [5, 5.41) is 9.01. The van der Waals surface area contributed by atoms with Gasteiger partial charge in [-0.15, -0.1) is 0 Å². The summed E-state index contributed by atoms with van der Waals surface area (Å²) in [7, 11) is -1.88. The van der Waals surface area contributed by atoms with Crippen LogP contribution < -0.4 is 0 Å². The molecule has 0 atom stereocenters. The van der Waals surface area contributed by atoms with Gasteiger partial charge in [0.05, 0.1) is 12.2 Å². The molecule has 0 bridgehead atoms. The smallest absolute Gasteiger partial charge is 0.333 e. The van der Waals surface area contributed by atoms with Gasteiger partial charge in [0.1, 0.15) is 0 Å². The average Bonchev–Trinajstić information content (AvgIpc) is 2.09. The molecule has 0 unspecified atom stereocenters. The van der Waals surface area contributed by atoms with Gasteiger partial charge in [0.15, 0.2) is 8.32 Å². The molecule has 0 radical (unpaired) electrons. The van der Waals surface area contributed by atoms with Gasteiger partial charge in [-0.05, 0) is 18.1 Å². The molecular weight excluding hydrogens is 220 g/mol. The van der Waals surface area contributed by atoms with E-state index in [1.807, 2.05) is 0 Å². The average molecular weight is 242 g/mol. The Morgan fingerprint density at radius 2 is 1.94 bits per heavy atom. The summed E-state index contributed by atoms with van der Waals surface area (Å²) in [6.45, 7) is 14.2. The van der Waals surface area contributed by atoms with E-state index >= 15 is 0 Å². The monoisotopic (exact) mass is 242 g/mol. The molecule has 0 aromatic rings. The van der Waals surface area contributed by atoms with Crippen LogP contribution in [0.5, 0.6) is 0 Å². The minimum absolute atomic E-state index is 0.0881. The van der Waals surface area contributed by atoms with Gasteiger partial charge in [0, 0.05) is 0 Å². The van der Waals surface area contributed by atoms with Crippen LogP contribution in [0.3, 0.4) is 0 Å². The third kappa shape index (κ3) is 4.33. The van der Waals surface area contributed by atoms with Gasteiger partial charge in [0.2, 0.25) is 0 Å². The molecule has 0 spiro atoms. The van der Waals surface area contributed by atoms with Gasteiger partial charge >= 0.3 is 5.97 Å². The largest absolute Gasteiger partial charge is 0.478 e. The number of rotatable bonds is 5. The van der Waals surface area contributed by atoms with Crippen molar-refractivity contribution in [1.82, 2.24) is 0 Å². The Kier molecular flexibility index (Phi) is 5.16. The third-order valence-electron chi connectivity index (χ3n) is 2.99. The van der Waals surface area contributed by atoms with E-state index in [1.54, 1.807) is 0 Å². The van der Waals surface area contributed by atoms with Crippen LogP contribution in [0.1, 0.15) is 20.8 Å². The number of hydrogen-bond donors (Lipinski definition) is 1. The minimum Gasteiger partial charge on any atom is -0.478 e. The Labute approximate surface area is 98.9 Å². The maximum absolute atomic E-state index is 10.9. The topological polar surface area (TPSA) is 46.5 Å². The van der Waals surface area contributed by atoms with Crippen LogP contribution >= 0.6 is 0 Å². The summed E-state index contributed by atoms with van der Waals surface area (Å²) >= 11 is 0. The van der Waals surface area contributed by atoms with Crippen LogP contribution in [0.15, 0.2) is 24.3 Å². The van der Waals surface area contributed by atoms with Crippen LogP contribution in [0.4, 0.5) is 0 Å². The second kappa shape index (κ2) is 5.45. The highest BCUT2D eigenvalue weighted by Crippen LogP contribution is 2.36. The quantitative estimate of drug-likeness (QED) is 0.457. The maximum atomic E-state index is 10.9. The molecule has 0 aliphatic rings. The first-order valence-corrected chi connectivity index (χ1v) is 8.21. The lowest BCUT2D eigenvalue weighted by Gasteiger charge is -2.36. The highest BCUT2D eigenvalue weighted by atomic mass is 28.4. The summed E-state index contributed by atoms with van der Waals surface area (Å²) in [4.78, 5) is 10.9. The van der Waals surface area contributed by atoms with Crippen LogP contribution in [-0.2, 0) is 9.22 Å². The normalized spacial score (nSPS) is 13.7. The second-order valence-electron chi connectivity index (χ2n) is 5.28. The fourth-order valence-electron chi connectivity index (χ4n) is 0.798. The first-order valence-electron chi connectivity index (χ1n) is 5.30. The molecular formula is C12H22O3Si. The molecule has 16 heavy (non-hydrogen) atoms. The van der Waals surface area contributed by atoms with Crippen molar-refractivity contribution < 1.29 is 14.3 Å². The molecule has 0 aromatic heterocycles. The van der Waals surface area contributed by atoms with E-state index in [0.29, 0.717) is 0 Å². The van der Waals surface area contributed by atoms with E-state index in [-0.39, 0.29) is 17.2 Å². The molecule has 0 fully saturated rings. The number of carboxylic acids is 1. The molecule has 3 nitrogen and oxygen atoms in total. The van der Waals surface area contributed by atoms with Crippen molar-refractivity contribution in [2.24, 2.45) is 0 Å². The second-order valence-corrected chi connectivity index (χ2v) is 10.1. The van der Waals surface area contributed by atoms with Crippen molar-refractivity contribution in [2.75, 3.05) is 6.61 Å². The van der Waals surface area contributed by atoms with Gasteiger partial charge in [-0.1, -0.05) is 39.5 Å². The molecule has 0 saturated heterocycles. The van der Waals surface area contributed by atoms with E-state index in [1.165, 1.54) is 12.2 Å². The molecule has 0 heterocycles. The highest BCUT2D eigenvalue weighted by Gasteiger charge is 2.37. The van der Waals surface area contributed by atoms with Crippen LogP contribution in [0.2, 0.25) is 18.1 Å². The van der Waals surface area contributed by atoms with E-state index in [9.17, 15) is 4.79 Å². The predicted molar refractivity (Wildman–Crippen MR) is 69.1 cm³/mol. The van der Waals surface area contributed by atoms with Gasteiger partial charge < -0.3 is 9.53 Å². The van der Waals surface area contributed by atoms with Crippen molar-refractivity contribution in [3.05, 3.63) is 24.3 Å². The molecule has 0 aliphatic heterocycles. The molecule has 0 aromatic carbocycles. The zero-order valence-electron chi connectivity index (χ0n) is 10.8. The van der Waals surface area contributed by atoms with E-state index in [2.05, 4.69) is 40.4 Å². The fraction of sp³-hybridized carbons (Fsp3) is 0.583. The summed E-state index contributed by atoms with van der Waals surface area (Å²) in [5.74, 6) is -0.946. The summed E-state index contributed by atoms with van der Waals surface area (Å²) in [6.07, 6.45) is 2.95. The maximum Gasteiger partial charge on any atom is 0.333 e. The lowest BCUT2D eigenvalue weighted by molar-refractivity contribution is -0.133. The molecule has 0 aliphatic carbocycles. The van der Waals surface area contributed by atoms with Gasteiger partial charge in [-0.3, -0.25) is 0 Å². The van der Waals surface area contributed by atoms with Crippen LogP contribution in [0, 0.1) is 0 Å². The fourth-order valence-corrected chi connectivity index (χ4v) is 1.75. The molecule has 0 rings (SSSR count). The third-order valence-corrected chi connectivity index (χ3v) is 7.47. The van der Waals surface area contributed by atoms with Crippen molar-refractivity contribution in [1.29, 1.82) is 0 Å². The van der Waals surface area contributed by atoms with Gasteiger partial charge in [-0.2, -0.15) is 0 Å². The Bertz CT molecular complexity index is 298. The first kappa shape index (κ1) is 15.1. The Hall–Kier alpha value is -0.873. The number of aliphatic carboxylic acids is 1. The zero-order valence-corrected chi connectivity index (χ0v) is 11.8. The van der Waals surface area contributed by atoms with Gasteiger partial charge in [0.25, 0.3) is 0 Å². The lowest BCUT2D eigenvalue weighted by Crippen LogP contribution is -2.41. The van der Waals surface area contributed by atoms with E-state index < -0.39 is 14.3 Å². The predicted octanol–water partition coefficient (Wildman–Crippen LogP) is 3.21. The Balaban J connectivity index is 4.61. The lowest BCUT2D eigenvalue weighted by atomic mass is 10.2. The van der Waals surface area contributed by atoms with E-state index in [0.717, 1.165) is 0 Å². The van der Waals surface area contributed by atoms with Crippen LogP contribution in [-0.4, -0.2) is 26.0 Å². The molecule has 4 heteroatoms. The molecule has 0 saturated carbocycles. The van der Waals surface area contributed by atoms with E-state index in [4.69, 9.17) is 9.53 Å². The van der Waals surface area contributed by atoms with Crippen molar-refractivity contribution in [2.45, 2.75) is 38.9 Å². The molecule has 0 amide bonds. The highest BCUT2D eigenvalue weighted by molar-refractivity contribution is 6.74. The standard InChI is InChI=1S/C12H22O3Si/c1-7-8-10(11(13)14)9-15-16(5,6)12(2,3)4/h7-8H,1,9H2,2-6H3,(H,13,14)/b10-8-. The number of allylic oxidation sites excluding steroid dienone is 2. The summed E-state index contributed by atoms with van der Waals surface area (Å²) < 4.78 is 5.81. The van der Waals surface area contributed by atoms with Crippen molar-refractivity contribution in [3.63, 3.8) is 0 Å². The van der Waals surface area contributed by atoms with Crippen molar-refractivity contribution in [3.8, 4) is 0 Å². The first-order chi connectivity index (χ1) is 7.12. The van der Waals surface area contributed by atoms with Gasteiger partial charge in [-0.25, -0.2) is 4.79 Å².